The summed E-state index contributed by atoms with van der Waals surface area (Å²) >= 11 is 7.94. The topological polar surface area (TPSA) is 71.8 Å². The van der Waals surface area contributed by atoms with Gasteiger partial charge in [-0.1, -0.05) is 78.5 Å². The number of thioether (sulfide) groups is 1. The van der Waals surface area contributed by atoms with E-state index in [0.29, 0.717) is 10.8 Å². The van der Waals surface area contributed by atoms with E-state index in [4.69, 9.17) is 11.6 Å². The molecule has 0 aliphatic heterocycles. The number of aromatic nitrogens is 3. The lowest BCUT2D eigenvalue weighted by molar-refractivity contribution is 0.232. The van der Waals surface area contributed by atoms with Crippen molar-refractivity contribution in [1.29, 1.82) is 0 Å². The van der Waals surface area contributed by atoms with E-state index in [1.54, 1.807) is 11.8 Å². The fourth-order valence-corrected chi connectivity index (χ4v) is 5.24. The molecule has 8 heteroatoms. The maximum Gasteiger partial charge on any atom is 0.315 e. The molecule has 0 bridgehead atoms. The van der Waals surface area contributed by atoms with Crippen LogP contribution in [-0.4, -0.2) is 26.8 Å². The van der Waals surface area contributed by atoms with Crippen LogP contribution in [0.25, 0.3) is 5.69 Å². The van der Waals surface area contributed by atoms with E-state index < -0.39 is 0 Å². The number of carbonyl (C=O) groups is 1. The molecule has 1 aliphatic rings. The minimum atomic E-state index is -0.159. The van der Waals surface area contributed by atoms with Gasteiger partial charge in [0.1, 0.15) is 0 Å². The molecule has 6 nitrogen and oxygen atoms in total. The minimum absolute atomic E-state index is 0.159. The van der Waals surface area contributed by atoms with Crippen LogP contribution in [0.1, 0.15) is 54.6 Å². The van der Waals surface area contributed by atoms with Crippen molar-refractivity contribution >= 4 is 29.4 Å². The van der Waals surface area contributed by atoms with Gasteiger partial charge >= 0.3 is 6.03 Å². The Balaban J connectivity index is 1.53. The van der Waals surface area contributed by atoms with Gasteiger partial charge < -0.3 is 10.6 Å². The maximum atomic E-state index is 12.5. The van der Waals surface area contributed by atoms with Gasteiger partial charge in [0.15, 0.2) is 11.0 Å². The molecule has 1 saturated carbocycles. The quantitative estimate of drug-likeness (QED) is 0.406. The van der Waals surface area contributed by atoms with E-state index in [0.717, 1.165) is 35.0 Å². The number of benzene rings is 2. The van der Waals surface area contributed by atoms with Crippen LogP contribution in [-0.2, 0) is 12.3 Å². The number of nitrogens with zero attached hydrogens (tertiary/aromatic N) is 3. The Morgan fingerprint density at radius 3 is 2.73 bits per heavy atom. The van der Waals surface area contributed by atoms with Crippen LogP contribution in [0.3, 0.4) is 0 Å². The summed E-state index contributed by atoms with van der Waals surface area (Å²) in [7, 11) is 0. The minimum Gasteiger partial charge on any atom is -0.335 e. The summed E-state index contributed by atoms with van der Waals surface area (Å²) in [5.41, 5.74) is 4.44. The van der Waals surface area contributed by atoms with Crippen LogP contribution in [0.5, 0.6) is 0 Å². The normalized spacial score (nSPS) is 14.3. The van der Waals surface area contributed by atoms with E-state index in [1.807, 2.05) is 29.7 Å². The first-order valence-corrected chi connectivity index (χ1v) is 12.8. The highest BCUT2D eigenvalue weighted by molar-refractivity contribution is 7.98. The Labute approximate surface area is 204 Å². The first-order valence-electron chi connectivity index (χ1n) is 11.4. The number of urea groups is 1. The van der Waals surface area contributed by atoms with Crippen LogP contribution >= 0.6 is 23.4 Å². The van der Waals surface area contributed by atoms with Crippen molar-refractivity contribution < 1.29 is 4.79 Å². The van der Waals surface area contributed by atoms with Crippen LogP contribution in [0.2, 0.25) is 5.02 Å². The number of amides is 2. The van der Waals surface area contributed by atoms with Gasteiger partial charge in [0.2, 0.25) is 0 Å². The first kappa shape index (κ1) is 23.6. The summed E-state index contributed by atoms with van der Waals surface area (Å²) in [6.07, 6.45) is 5.70. The van der Waals surface area contributed by atoms with Gasteiger partial charge in [-0.15, -0.1) is 10.2 Å². The van der Waals surface area contributed by atoms with Gasteiger partial charge in [0, 0.05) is 16.8 Å². The lowest BCUT2D eigenvalue weighted by Gasteiger charge is -2.22. The SMILES string of the molecule is Cc1cccc(CSc2nnc(CNC(=O)NC3CCCCC3)n2-c2cc(Cl)ccc2C)c1. The second-order valence-electron chi connectivity index (χ2n) is 8.60. The number of hydrogen-bond acceptors (Lipinski definition) is 4. The monoisotopic (exact) mass is 483 g/mol. The molecule has 0 spiro atoms. The molecule has 4 rings (SSSR count). The first-order chi connectivity index (χ1) is 16.0. The Kier molecular flexibility index (Phi) is 7.93. The third-order valence-electron chi connectivity index (χ3n) is 5.91. The molecule has 2 aromatic carbocycles. The Morgan fingerprint density at radius 1 is 1.12 bits per heavy atom. The number of hydrogen-bond donors (Lipinski definition) is 2. The molecule has 174 valence electrons. The summed E-state index contributed by atoms with van der Waals surface area (Å²) in [6.45, 7) is 4.41. The zero-order valence-electron chi connectivity index (χ0n) is 19.1. The zero-order chi connectivity index (χ0) is 23.2. The third kappa shape index (κ3) is 6.30. The predicted molar refractivity (Wildman–Crippen MR) is 134 cm³/mol. The fraction of sp³-hybridized carbons (Fsp3) is 0.400. The van der Waals surface area contributed by atoms with Crippen molar-refractivity contribution in [2.75, 3.05) is 0 Å². The predicted octanol–water partition coefficient (Wildman–Crippen LogP) is 5.96. The lowest BCUT2D eigenvalue weighted by Crippen LogP contribution is -2.42. The molecule has 0 unspecified atom stereocenters. The molecule has 2 N–H and O–H groups in total. The summed E-state index contributed by atoms with van der Waals surface area (Å²) in [5, 5.41) is 16.4. The smallest absolute Gasteiger partial charge is 0.315 e. The van der Waals surface area contributed by atoms with E-state index in [9.17, 15) is 4.79 Å². The molecule has 3 aromatic rings. The molecular weight excluding hydrogens is 454 g/mol. The standard InChI is InChI=1S/C25H30ClN5OS/c1-17-7-6-8-19(13-17)16-33-25-30-29-23(31(25)22-14-20(26)12-11-18(22)2)15-27-24(32)28-21-9-4-3-5-10-21/h6-8,11-14,21H,3-5,9-10,15-16H2,1-2H3,(H2,27,28,32). The molecule has 1 heterocycles. The molecule has 0 radical (unpaired) electrons. The summed E-state index contributed by atoms with van der Waals surface area (Å²) in [6, 6.07) is 14.3. The van der Waals surface area contributed by atoms with Crippen molar-refractivity contribution in [2.24, 2.45) is 0 Å². The molecule has 0 saturated heterocycles. The average Bonchev–Trinajstić information content (AvgIpc) is 3.21. The molecule has 1 fully saturated rings. The summed E-state index contributed by atoms with van der Waals surface area (Å²) < 4.78 is 2.00. The molecule has 33 heavy (non-hydrogen) atoms. The van der Waals surface area contributed by atoms with Crippen molar-refractivity contribution in [2.45, 2.75) is 69.4 Å². The van der Waals surface area contributed by atoms with E-state index in [2.05, 4.69) is 52.0 Å². The molecule has 1 aromatic heterocycles. The molecule has 2 amide bonds. The van der Waals surface area contributed by atoms with Crippen molar-refractivity contribution in [3.05, 3.63) is 70.0 Å². The van der Waals surface area contributed by atoms with Gasteiger partial charge in [-0.25, -0.2) is 4.79 Å². The number of halogens is 1. The van der Waals surface area contributed by atoms with E-state index >= 15 is 0 Å². The van der Waals surface area contributed by atoms with Crippen molar-refractivity contribution in [3.8, 4) is 5.69 Å². The highest BCUT2D eigenvalue weighted by Crippen LogP contribution is 2.28. The largest absolute Gasteiger partial charge is 0.335 e. The van der Waals surface area contributed by atoms with E-state index in [-0.39, 0.29) is 18.6 Å². The van der Waals surface area contributed by atoms with Crippen molar-refractivity contribution in [1.82, 2.24) is 25.4 Å². The Bertz CT molecular complexity index is 1110. The van der Waals surface area contributed by atoms with Gasteiger partial charge in [-0.3, -0.25) is 4.57 Å². The maximum absolute atomic E-state index is 12.5. The van der Waals surface area contributed by atoms with Crippen LogP contribution < -0.4 is 10.6 Å². The lowest BCUT2D eigenvalue weighted by atomic mass is 9.96. The molecule has 0 atom stereocenters. The molecular formula is C25H30ClN5OS. The van der Waals surface area contributed by atoms with E-state index in [1.165, 1.54) is 30.4 Å². The van der Waals surface area contributed by atoms with Crippen LogP contribution in [0.15, 0.2) is 47.6 Å². The van der Waals surface area contributed by atoms with Crippen LogP contribution in [0.4, 0.5) is 4.79 Å². The number of nitrogens with one attached hydrogen (secondary N) is 2. The Morgan fingerprint density at radius 2 is 1.94 bits per heavy atom. The van der Waals surface area contributed by atoms with Gasteiger partial charge in [-0.05, 0) is 49.9 Å². The summed E-state index contributed by atoms with van der Waals surface area (Å²) in [4.78, 5) is 12.5. The fourth-order valence-electron chi connectivity index (χ4n) is 4.17. The van der Waals surface area contributed by atoms with Gasteiger partial charge in [0.05, 0.1) is 12.2 Å². The number of aryl methyl sites for hydroxylation is 2. The average molecular weight is 484 g/mol. The number of carbonyl (C=O) groups excluding carboxylic acids is 1. The van der Waals surface area contributed by atoms with Crippen LogP contribution in [0, 0.1) is 13.8 Å². The second kappa shape index (κ2) is 11.1. The second-order valence-corrected chi connectivity index (χ2v) is 9.98. The number of rotatable bonds is 7. The molecule has 1 aliphatic carbocycles. The zero-order valence-corrected chi connectivity index (χ0v) is 20.7. The highest BCUT2D eigenvalue weighted by atomic mass is 35.5. The highest BCUT2D eigenvalue weighted by Gasteiger charge is 2.19. The Hall–Kier alpha value is -2.51. The van der Waals surface area contributed by atoms with Crippen molar-refractivity contribution in [3.63, 3.8) is 0 Å². The van der Waals surface area contributed by atoms with Gasteiger partial charge in [-0.2, -0.15) is 0 Å². The van der Waals surface area contributed by atoms with Gasteiger partial charge in [0.25, 0.3) is 0 Å². The third-order valence-corrected chi connectivity index (χ3v) is 7.15. The summed E-state index contributed by atoms with van der Waals surface area (Å²) in [5.74, 6) is 1.44.